The highest BCUT2D eigenvalue weighted by Gasteiger charge is 2.26. The minimum atomic E-state index is -3.17. The van der Waals surface area contributed by atoms with E-state index in [2.05, 4.69) is 21.2 Å². The summed E-state index contributed by atoms with van der Waals surface area (Å²) in [6, 6.07) is 4.09. The van der Waals surface area contributed by atoms with Gasteiger partial charge in [-0.2, -0.15) is 0 Å². The van der Waals surface area contributed by atoms with Gasteiger partial charge in [0.05, 0.1) is 10.7 Å². The summed E-state index contributed by atoms with van der Waals surface area (Å²) in [5.74, 6) is -0.839. The zero-order chi connectivity index (χ0) is 15.6. The van der Waals surface area contributed by atoms with Gasteiger partial charge in [0.2, 0.25) is 10.0 Å². The van der Waals surface area contributed by atoms with Gasteiger partial charge < -0.3 is 5.32 Å². The van der Waals surface area contributed by atoms with E-state index < -0.39 is 15.8 Å². The van der Waals surface area contributed by atoms with Crippen molar-refractivity contribution in [2.75, 3.05) is 19.3 Å². The molecule has 116 valence electrons. The minimum Gasteiger partial charge on any atom is -0.349 e. The maximum Gasteiger partial charge on any atom is 0.251 e. The van der Waals surface area contributed by atoms with Crippen LogP contribution in [-0.2, 0) is 10.0 Å². The standard InChI is InChI=1S/C13H16BrFN2O3S/c1-21(19,20)17-6-4-10(5-7-17)16-13(18)9-2-3-11(14)12(15)8-9/h2-3,8,10H,4-7H2,1H3,(H,16,18). The Labute approximate surface area is 131 Å². The first kappa shape index (κ1) is 16.4. The lowest BCUT2D eigenvalue weighted by molar-refractivity contribution is 0.0923. The van der Waals surface area contributed by atoms with Gasteiger partial charge in [-0.05, 0) is 47.0 Å². The molecule has 0 aromatic heterocycles. The Morgan fingerprint density at radius 1 is 1.38 bits per heavy atom. The normalized spacial score (nSPS) is 17.7. The van der Waals surface area contributed by atoms with Crippen LogP contribution in [0.5, 0.6) is 0 Å². The SMILES string of the molecule is CS(=O)(=O)N1CCC(NC(=O)c2ccc(Br)c(F)c2)CC1. The Hall–Kier alpha value is -0.990. The molecule has 21 heavy (non-hydrogen) atoms. The summed E-state index contributed by atoms with van der Waals surface area (Å²) < 4.78 is 37.9. The first-order valence-corrected chi connectivity index (χ1v) is 9.12. The monoisotopic (exact) mass is 378 g/mol. The first-order chi connectivity index (χ1) is 9.77. The largest absolute Gasteiger partial charge is 0.349 e. The number of hydrogen-bond acceptors (Lipinski definition) is 3. The van der Waals surface area contributed by atoms with E-state index in [9.17, 15) is 17.6 Å². The molecule has 0 saturated carbocycles. The fraction of sp³-hybridized carbons (Fsp3) is 0.462. The fourth-order valence-electron chi connectivity index (χ4n) is 2.24. The second-order valence-electron chi connectivity index (χ2n) is 5.04. The average molecular weight is 379 g/mol. The maximum absolute atomic E-state index is 13.4. The van der Waals surface area contributed by atoms with Crippen molar-refractivity contribution >= 4 is 31.9 Å². The molecule has 1 fully saturated rings. The van der Waals surface area contributed by atoms with Gasteiger partial charge in [0.15, 0.2) is 0 Å². The van der Waals surface area contributed by atoms with Crippen molar-refractivity contribution in [1.29, 1.82) is 0 Å². The Morgan fingerprint density at radius 3 is 2.52 bits per heavy atom. The van der Waals surface area contributed by atoms with Crippen LogP contribution in [0.3, 0.4) is 0 Å². The number of amides is 1. The quantitative estimate of drug-likeness (QED) is 0.870. The number of rotatable bonds is 3. The van der Waals surface area contributed by atoms with Gasteiger partial charge in [-0.1, -0.05) is 0 Å². The Morgan fingerprint density at radius 2 is 2.00 bits per heavy atom. The fourth-order valence-corrected chi connectivity index (χ4v) is 3.36. The zero-order valence-electron chi connectivity index (χ0n) is 11.5. The van der Waals surface area contributed by atoms with Gasteiger partial charge in [0.1, 0.15) is 5.82 Å². The van der Waals surface area contributed by atoms with E-state index in [1.54, 1.807) is 0 Å². The van der Waals surface area contributed by atoms with Crippen molar-refractivity contribution < 1.29 is 17.6 Å². The van der Waals surface area contributed by atoms with Crippen LogP contribution in [0.15, 0.2) is 22.7 Å². The van der Waals surface area contributed by atoms with Crippen LogP contribution in [0.1, 0.15) is 23.2 Å². The highest BCUT2D eigenvalue weighted by molar-refractivity contribution is 9.10. The molecule has 0 atom stereocenters. The van der Waals surface area contributed by atoms with Crippen LogP contribution in [0, 0.1) is 5.82 Å². The van der Waals surface area contributed by atoms with Crippen molar-refractivity contribution in [3.05, 3.63) is 34.1 Å². The second-order valence-corrected chi connectivity index (χ2v) is 7.88. The third-order valence-electron chi connectivity index (χ3n) is 3.44. The van der Waals surface area contributed by atoms with Crippen LogP contribution in [0.25, 0.3) is 0 Å². The smallest absolute Gasteiger partial charge is 0.251 e. The topological polar surface area (TPSA) is 66.5 Å². The lowest BCUT2D eigenvalue weighted by Crippen LogP contribution is -2.46. The van der Waals surface area contributed by atoms with E-state index in [1.165, 1.54) is 28.8 Å². The van der Waals surface area contributed by atoms with Crippen LogP contribution in [0.4, 0.5) is 4.39 Å². The summed E-state index contributed by atoms with van der Waals surface area (Å²) in [4.78, 5) is 12.0. The van der Waals surface area contributed by atoms with Crippen molar-refractivity contribution in [1.82, 2.24) is 9.62 Å². The predicted octanol–water partition coefficient (Wildman–Crippen LogP) is 1.74. The van der Waals surface area contributed by atoms with E-state index in [0.717, 1.165) is 0 Å². The summed E-state index contributed by atoms with van der Waals surface area (Å²) >= 11 is 3.03. The number of carbonyl (C=O) groups excluding carboxylic acids is 1. The molecule has 0 radical (unpaired) electrons. The Balaban J connectivity index is 1.94. The van der Waals surface area contributed by atoms with E-state index in [4.69, 9.17) is 0 Å². The number of carbonyl (C=O) groups is 1. The minimum absolute atomic E-state index is 0.0952. The molecule has 1 amide bonds. The lowest BCUT2D eigenvalue weighted by atomic mass is 10.1. The van der Waals surface area contributed by atoms with Crippen LogP contribution < -0.4 is 5.32 Å². The Kier molecular flexibility index (Phi) is 5.00. The number of halogens is 2. The highest BCUT2D eigenvalue weighted by atomic mass is 79.9. The van der Waals surface area contributed by atoms with Crippen LogP contribution in [-0.4, -0.2) is 44.0 Å². The molecule has 1 aromatic rings. The molecule has 5 nitrogen and oxygen atoms in total. The van der Waals surface area contributed by atoms with E-state index in [-0.39, 0.29) is 17.5 Å². The van der Waals surface area contributed by atoms with Gasteiger partial charge in [-0.15, -0.1) is 0 Å². The number of nitrogens with zero attached hydrogens (tertiary/aromatic N) is 1. The van der Waals surface area contributed by atoms with Crippen molar-refractivity contribution in [2.45, 2.75) is 18.9 Å². The van der Waals surface area contributed by atoms with Gasteiger partial charge in [-0.3, -0.25) is 4.79 Å². The summed E-state index contributed by atoms with van der Waals surface area (Å²) in [6.45, 7) is 0.775. The molecule has 0 aliphatic carbocycles. The Bertz CT molecular complexity index is 643. The van der Waals surface area contributed by atoms with Gasteiger partial charge in [0, 0.05) is 24.7 Å². The van der Waals surface area contributed by atoms with E-state index >= 15 is 0 Å². The average Bonchev–Trinajstić information content (AvgIpc) is 2.41. The third-order valence-corrected chi connectivity index (χ3v) is 5.39. The molecular weight excluding hydrogens is 363 g/mol. The molecule has 1 heterocycles. The molecule has 1 aromatic carbocycles. The van der Waals surface area contributed by atoms with Crippen molar-refractivity contribution in [2.24, 2.45) is 0 Å². The molecular formula is C13H16BrFN2O3S. The molecule has 0 unspecified atom stereocenters. The number of benzene rings is 1. The number of hydrogen-bond donors (Lipinski definition) is 1. The predicted molar refractivity (Wildman–Crippen MR) is 81.0 cm³/mol. The molecule has 8 heteroatoms. The molecule has 1 aliphatic rings. The van der Waals surface area contributed by atoms with Crippen molar-refractivity contribution in [3.63, 3.8) is 0 Å². The van der Waals surface area contributed by atoms with Gasteiger partial charge in [-0.25, -0.2) is 17.1 Å². The second kappa shape index (κ2) is 6.41. The number of piperidine rings is 1. The van der Waals surface area contributed by atoms with Crippen molar-refractivity contribution in [3.8, 4) is 0 Å². The lowest BCUT2D eigenvalue weighted by Gasteiger charge is -2.30. The molecule has 1 N–H and O–H groups in total. The summed E-state index contributed by atoms with van der Waals surface area (Å²) in [5, 5.41) is 2.81. The number of sulfonamides is 1. The molecule has 1 saturated heterocycles. The van der Waals surface area contributed by atoms with Gasteiger partial charge in [0.25, 0.3) is 5.91 Å². The first-order valence-electron chi connectivity index (χ1n) is 6.48. The highest BCUT2D eigenvalue weighted by Crippen LogP contribution is 2.17. The molecule has 0 bridgehead atoms. The summed E-state index contributed by atoms with van der Waals surface area (Å²) in [6.07, 6.45) is 2.28. The van der Waals surface area contributed by atoms with Gasteiger partial charge >= 0.3 is 0 Å². The molecule has 0 spiro atoms. The molecule has 2 rings (SSSR count). The van der Waals surface area contributed by atoms with E-state index in [0.29, 0.717) is 30.4 Å². The zero-order valence-corrected chi connectivity index (χ0v) is 13.9. The summed E-state index contributed by atoms with van der Waals surface area (Å²) in [5.41, 5.74) is 0.251. The number of nitrogens with one attached hydrogen (secondary N) is 1. The van der Waals surface area contributed by atoms with E-state index in [1.807, 2.05) is 0 Å². The van der Waals surface area contributed by atoms with Crippen LogP contribution in [0.2, 0.25) is 0 Å². The molecule has 1 aliphatic heterocycles. The third kappa shape index (κ3) is 4.24. The summed E-state index contributed by atoms with van der Waals surface area (Å²) in [7, 11) is -3.17. The van der Waals surface area contributed by atoms with Crippen LogP contribution >= 0.6 is 15.9 Å². The maximum atomic E-state index is 13.4.